The number of allylic oxidation sites excluding steroid dienone is 8. The highest BCUT2D eigenvalue weighted by Gasteiger charge is 2.24. The maximum absolute atomic E-state index is 12.4. The number of unbranched alkanes of at least 4 members (excludes halogenated alkanes) is 16. The molecule has 0 aromatic carbocycles. The molecule has 0 aliphatic heterocycles. The van der Waals surface area contributed by atoms with Gasteiger partial charge in [0.2, 0.25) is 0 Å². The molecular formula is C40H71O8P. The first-order chi connectivity index (χ1) is 23.8. The number of carbonyl (C=O) groups is 2. The quantitative estimate of drug-likeness (QED) is 0.0300. The number of hydrogen-bond donors (Lipinski definition) is 1. The van der Waals surface area contributed by atoms with Gasteiger partial charge >= 0.3 is 19.8 Å². The molecular weight excluding hydrogens is 639 g/mol. The zero-order valence-corrected chi connectivity index (χ0v) is 32.2. The molecule has 9 heteroatoms. The van der Waals surface area contributed by atoms with Crippen molar-refractivity contribution in [2.75, 3.05) is 20.3 Å². The molecule has 0 rings (SSSR count). The summed E-state index contributed by atoms with van der Waals surface area (Å²) in [6.07, 6.45) is 41.8. The molecule has 0 amide bonds. The first kappa shape index (κ1) is 47.0. The minimum absolute atomic E-state index is 0.124. The van der Waals surface area contributed by atoms with Crippen LogP contribution in [0.2, 0.25) is 0 Å². The summed E-state index contributed by atoms with van der Waals surface area (Å²) in [7, 11) is -3.23. The molecule has 284 valence electrons. The highest BCUT2D eigenvalue weighted by molar-refractivity contribution is 7.47. The largest absolute Gasteiger partial charge is 0.472 e. The zero-order valence-electron chi connectivity index (χ0n) is 31.3. The van der Waals surface area contributed by atoms with Crippen molar-refractivity contribution < 1.29 is 37.6 Å². The van der Waals surface area contributed by atoms with Crippen molar-refractivity contribution >= 4 is 19.8 Å². The van der Waals surface area contributed by atoms with Gasteiger partial charge in [-0.25, -0.2) is 4.57 Å². The average Bonchev–Trinajstić information content (AvgIpc) is 3.09. The van der Waals surface area contributed by atoms with Gasteiger partial charge in [-0.2, -0.15) is 0 Å². The third-order valence-electron chi connectivity index (χ3n) is 8.10. The fourth-order valence-electron chi connectivity index (χ4n) is 5.14. The third-order valence-corrected chi connectivity index (χ3v) is 9.04. The summed E-state index contributed by atoms with van der Waals surface area (Å²) >= 11 is 0. The second-order valence-electron chi connectivity index (χ2n) is 12.7. The molecule has 0 spiro atoms. The van der Waals surface area contributed by atoms with Crippen LogP contribution < -0.4 is 0 Å². The zero-order chi connectivity index (χ0) is 36.1. The van der Waals surface area contributed by atoms with E-state index >= 15 is 0 Å². The van der Waals surface area contributed by atoms with E-state index in [1.54, 1.807) is 0 Å². The molecule has 0 saturated carbocycles. The van der Waals surface area contributed by atoms with E-state index in [4.69, 9.17) is 14.0 Å². The Hall–Kier alpha value is -1.99. The van der Waals surface area contributed by atoms with Crippen LogP contribution in [0.1, 0.15) is 168 Å². The highest BCUT2D eigenvalue weighted by atomic mass is 31.2. The lowest BCUT2D eigenvalue weighted by Crippen LogP contribution is -2.29. The van der Waals surface area contributed by atoms with E-state index in [0.717, 1.165) is 52.1 Å². The van der Waals surface area contributed by atoms with Crippen LogP contribution in [0.5, 0.6) is 0 Å². The second-order valence-corrected chi connectivity index (χ2v) is 14.2. The number of phosphoric acid groups is 1. The summed E-state index contributed by atoms with van der Waals surface area (Å²) in [6.45, 7) is 3.71. The van der Waals surface area contributed by atoms with E-state index in [0.29, 0.717) is 6.42 Å². The smallest absolute Gasteiger partial charge is 0.462 e. The van der Waals surface area contributed by atoms with E-state index in [2.05, 4.69) is 54.8 Å². The van der Waals surface area contributed by atoms with Gasteiger partial charge in [-0.15, -0.1) is 0 Å². The molecule has 0 saturated heterocycles. The summed E-state index contributed by atoms with van der Waals surface area (Å²) in [4.78, 5) is 34.3. The van der Waals surface area contributed by atoms with E-state index in [1.807, 2.05) is 12.2 Å². The maximum Gasteiger partial charge on any atom is 0.472 e. The van der Waals surface area contributed by atoms with Gasteiger partial charge in [0.25, 0.3) is 0 Å². The van der Waals surface area contributed by atoms with Gasteiger partial charge < -0.3 is 14.4 Å². The fourth-order valence-corrected chi connectivity index (χ4v) is 5.60. The van der Waals surface area contributed by atoms with Crippen molar-refractivity contribution in [3.63, 3.8) is 0 Å². The first-order valence-corrected chi connectivity index (χ1v) is 20.8. The predicted octanol–water partition coefficient (Wildman–Crippen LogP) is 11.8. The number of ether oxygens (including phenoxy) is 2. The van der Waals surface area contributed by atoms with Gasteiger partial charge in [-0.3, -0.25) is 18.6 Å². The monoisotopic (exact) mass is 710 g/mol. The van der Waals surface area contributed by atoms with Crippen LogP contribution in [0.3, 0.4) is 0 Å². The third kappa shape index (κ3) is 35.6. The van der Waals surface area contributed by atoms with Gasteiger partial charge in [-0.1, -0.05) is 165 Å². The Morgan fingerprint density at radius 3 is 1.51 bits per heavy atom. The minimum Gasteiger partial charge on any atom is -0.462 e. The molecule has 49 heavy (non-hydrogen) atoms. The van der Waals surface area contributed by atoms with Crippen LogP contribution >= 0.6 is 7.82 Å². The molecule has 0 heterocycles. The van der Waals surface area contributed by atoms with E-state index in [9.17, 15) is 19.0 Å². The fraction of sp³-hybridized carbons (Fsp3) is 0.750. The molecule has 8 nitrogen and oxygen atoms in total. The highest BCUT2D eigenvalue weighted by Crippen LogP contribution is 2.42. The molecule has 2 atom stereocenters. The Morgan fingerprint density at radius 1 is 0.592 bits per heavy atom. The van der Waals surface area contributed by atoms with Crippen LogP contribution in [0, 0.1) is 0 Å². The predicted molar refractivity (Wildman–Crippen MR) is 202 cm³/mol. The summed E-state index contributed by atoms with van der Waals surface area (Å²) in [5, 5.41) is 0. The number of hydrogen-bond acceptors (Lipinski definition) is 7. The van der Waals surface area contributed by atoms with Crippen molar-refractivity contribution in [3.05, 3.63) is 48.6 Å². The number of carbonyl (C=O) groups excluding carboxylic acids is 2. The Bertz CT molecular complexity index is 943. The van der Waals surface area contributed by atoms with E-state index in [1.165, 1.54) is 89.9 Å². The minimum atomic E-state index is -4.27. The lowest BCUT2D eigenvalue weighted by atomic mass is 10.0. The van der Waals surface area contributed by atoms with Crippen LogP contribution in [0.4, 0.5) is 0 Å². The van der Waals surface area contributed by atoms with Crippen molar-refractivity contribution in [2.24, 2.45) is 0 Å². The topological polar surface area (TPSA) is 108 Å². The summed E-state index contributed by atoms with van der Waals surface area (Å²) in [6, 6.07) is 0. The van der Waals surface area contributed by atoms with Crippen LogP contribution in [-0.4, -0.2) is 43.3 Å². The van der Waals surface area contributed by atoms with Crippen LogP contribution in [0.25, 0.3) is 0 Å². The first-order valence-electron chi connectivity index (χ1n) is 19.3. The number of phosphoric ester groups is 1. The van der Waals surface area contributed by atoms with Crippen molar-refractivity contribution in [1.29, 1.82) is 0 Å². The summed E-state index contributed by atoms with van der Waals surface area (Å²) in [5.74, 6) is -0.897. The van der Waals surface area contributed by atoms with Gasteiger partial charge in [-0.05, 0) is 38.5 Å². The lowest BCUT2D eigenvalue weighted by Gasteiger charge is -2.19. The standard InChI is InChI=1S/C40H71O8P/c1-4-6-8-10-12-14-16-18-19-20-21-23-24-26-28-30-32-34-39(41)46-36-38(37-47-49(43,44)45-3)48-40(42)35-33-31-29-27-25-22-17-15-13-11-9-7-5-2/h7,9,13,15,22,25,29,31,38H,4-6,8,10-12,14,16-21,23-24,26-28,30,32-37H2,1-3H3,(H,43,44)/b9-7-,15-13-,25-22-,31-29-. The van der Waals surface area contributed by atoms with Gasteiger partial charge in [0, 0.05) is 20.0 Å². The number of esters is 2. The van der Waals surface area contributed by atoms with Crippen molar-refractivity contribution in [1.82, 2.24) is 0 Å². The Kier molecular flexibility index (Phi) is 34.4. The molecule has 1 N–H and O–H groups in total. The van der Waals surface area contributed by atoms with Crippen molar-refractivity contribution in [2.45, 2.75) is 174 Å². The summed E-state index contributed by atoms with van der Waals surface area (Å²) < 4.78 is 31.8. The number of rotatable bonds is 35. The van der Waals surface area contributed by atoms with Gasteiger partial charge in [0.1, 0.15) is 6.61 Å². The summed E-state index contributed by atoms with van der Waals surface area (Å²) in [5.41, 5.74) is 0. The molecule has 0 aromatic rings. The van der Waals surface area contributed by atoms with Crippen LogP contribution in [-0.2, 0) is 32.7 Å². The maximum atomic E-state index is 12.4. The molecule has 0 aliphatic rings. The van der Waals surface area contributed by atoms with E-state index < -0.39 is 26.5 Å². The molecule has 2 unspecified atom stereocenters. The van der Waals surface area contributed by atoms with Crippen molar-refractivity contribution in [3.8, 4) is 0 Å². The Labute approximate surface area is 299 Å². The second kappa shape index (κ2) is 35.8. The molecule has 0 fully saturated rings. The molecule has 0 bridgehead atoms. The Balaban J connectivity index is 4.10. The van der Waals surface area contributed by atoms with Gasteiger partial charge in [0.05, 0.1) is 6.61 Å². The van der Waals surface area contributed by atoms with Crippen LogP contribution in [0.15, 0.2) is 48.6 Å². The SMILES string of the molecule is CC/C=C\C/C=C\C/C=C\C/C=C\CCC(=O)OC(COC(=O)CCCCCCCCCCCCCCCCCCC)COP(=O)(O)OC. The lowest BCUT2D eigenvalue weighted by molar-refractivity contribution is -0.161. The molecule has 0 radical (unpaired) electrons. The van der Waals surface area contributed by atoms with Gasteiger partial charge in [0.15, 0.2) is 6.10 Å². The molecule has 0 aliphatic carbocycles. The Morgan fingerprint density at radius 2 is 1.04 bits per heavy atom. The molecule has 0 aromatic heterocycles. The van der Waals surface area contributed by atoms with E-state index in [-0.39, 0.29) is 25.4 Å². The average molecular weight is 711 g/mol. The normalized spacial score (nSPS) is 14.0.